The minimum Gasteiger partial charge on any atom is -0.481 e. The molecule has 0 aromatic heterocycles. The molecule has 1 aromatic rings. The summed E-state index contributed by atoms with van der Waals surface area (Å²) < 4.78 is 26.7. The van der Waals surface area contributed by atoms with Gasteiger partial charge < -0.3 is 10.2 Å². The molecule has 2 rings (SSSR count). The van der Waals surface area contributed by atoms with Gasteiger partial charge in [0.15, 0.2) is 0 Å². The predicted octanol–water partition coefficient (Wildman–Crippen LogP) is 0.852. The summed E-state index contributed by atoms with van der Waals surface area (Å²) in [7, 11) is -3.65. The van der Waals surface area contributed by atoms with E-state index in [-0.39, 0.29) is 17.5 Å². The number of aliphatic hydroxyl groups excluding tert-OH is 1. The highest BCUT2D eigenvalue weighted by atomic mass is 32.2. The van der Waals surface area contributed by atoms with Gasteiger partial charge in [-0.2, -0.15) is 0 Å². The van der Waals surface area contributed by atoms with Crippen LogP contribution in [0.3, 0.4) is 0 Å². The van der Waals surface area contributed by atoms with Gasteiger partial charge in [-0.05, 0) is 43.9 Å². The zero-order chi connectivity index (χ0) is 15.7. The fraction of sp³-hybridized carbons (Fsp3) is 0.500. The molecule has 0 bridgehead atoms. The second-order valence-corrected chi connectivity index (χ2v) is 7.16. The van der Waals surface area contributed by atoms with Crippen LogP contribution in [0.1, 0.15) is 31.7 Å². The number of carbonyl (C=O) groups is 1. The molecule has 21 heavy (non-hydrogen) atoms. The molecule has 116 valence electrons. The second kappa shape index (κ2) is 5.75. The Bertz CT molecular complexity index is 619. The van der Waals surface area contributed by atoms with E-state index in [0.717, 1.165) is 0 Å². The van der Waals surface area contributed by atoms with Crippen LogP contribution in [-0.4, -0.2) is 37.2 Å². The fourth-order valence-electron chi connectivity index (χ4n) is 2.29. The Hall–Kier alpha value is -1.44. The summed E-state index contributed by atoms with van der Waals surface area (Å²) in [5, 5.41) is 18.0. The number of carboxylic acid groups (broad SMARTS) is 1. The highest BCUT2D eigenvalue weighted by Gasteiger charge is 2.51. The third-order valence-electron chi connectivity index (χ3n) is 3.80. The fourth-order valence-corrected chi connectivity index (χ4v) is 3.57. The minimum atomic E-state index is -3.65. The van der Waals surface area contributed by atoms with E-state index < -0.39 is 21.4 Å². The van der Waals surface area contributed by atoms with E-state index in [4.69, 9.17) is 5.11 Å². The molecule has 6 nitrogen and oxygen atoms in total. The van der Waals surface area contributed by atoms with E-state index in [2.05, 4.69) is 4.72 Å². The van der Waals surface area contributed by atoms with Crippen LogP contribution < -0.4 is 4.72 Å². The van der Waals surface area contributed by atoms with Crippen LogP contribution in [0, 0.1) is 0 Å². The summed E-state index contributed by atoms with van der Waals surface area (Å²) in [5.41, 5.74) is -0.197. The van der Waals surface area contributed by atoms with Crippen LogP contribution in [0.5, 0.6) is 0 Å². The van der Waals surface area contributed by atoms with E-state index in [0.29, 0.717) is 24.8 Å². The van der Waals surface area contributed by atoms with E-state index in [9.17, 15) is 18.3 Å². The molecule has 1 aromatic carbocycles. The van der Waals surface area contributed by atoms with Crippen LogP contribution in [0.15, 0.2) is 29.2 Å². The van der Waals surface area contributed by atoms with Gasteiger partial charge in [0.25, 0.3) is 0 Å². The molecule has 0 amide bonds. The molecule has 1 aliphatic carbocycles. The topological polar surface area (TPSA) is 104 Å². The Morgan fingerprint density at radius 1 is 1.33 bits per heavy atom. The van der Waals surface area contributed by atoms with Crippen molar-refractivity contribution in [2.45, 2.75) is 42.5 Å². The van der Waals surface area contributed by atoms with Gasteiger partial charge in [0.05, 0.1) is 10.3 Å². The number of hydrogen-bond donors (Lipinski definition) is 3. The number of aliphatic carboxylic acids is 1. The monoisotopic (exact) mass is 313 g/mol. The Morgan fingerprint density at radius 2 is 1.90 bits per heavy atom. The van der Waals surface area contributed by atoms with Gasteiger partial charge in [-0.25, -0.2) is 13.1 Å². The van der Waals surface area contributed by atoms with Crippen LogP contribution in [0.25, 0.3) is 0 Å². The first-order valence-corrected chi connectivity index (χ1v) is 8.27. The van der Waals surface area contributed by atoms with Crippen molar-refractivity contribution in [3.63, 3.8) is 0 Å². The number of carboxylic acids is 1. The summed E-state index contributed by atoms with van der Waals surface area (Å²) in [5.74, 6) is -0.868. The molecule has 0 aliphatic heterocycles. The summed E-state index contributed by atoms with van der Waals surface area (Å²) >= 11 is 0. The summed E-state index contributed by atoms with van der Waals surface area (Å²) in [6.45, 7) is 1.58. The molecule has 1 aliphatic rings. The van der Waals surface area contributed by atoms with Gasteiger partial charge in [-0.15, -0.1) is 0 Å². The lowest BCUT2D eigenvalue weighted by Gasteiger charge is -2.14. The van der Waals surface area contributed by atoms with Gasteiger partial charge in [0.1, 0.15) is 0 Å². The maximum absolute atomic E-state index is 12.1. The largest absolute Gasteiger partial charge is 0.481 e. The van der Waals surface area contributed by atoms with Crippen LogP contribution in [0.4, 0.5) is 0 Å². The highest BCUT2D eigenvalue weighted by molar-refractivity contribution is 7.89. The van der Waals surface area contributed by atoms with Crippen molar-refractivity contribution in [1.82, 2.24) is 4.72 Å². The lowest BCUT2D eigenvalue weighted by atomic mass is 9.96. The van der Waals surface area contributed by atoms with E-state index in [1.165, 1.54) is 12.1 Å². The first kappa shape index (κ1) is 15.9. The van der Waals surface area contributed by atoms with E-state index >= 15 is 0 Å². The first-order chi connectivity index (χ1) is 9.82. The number of rotatable bonds is 7. The van der Waals surface area contributed by atoms with Gasteiger partial charge in [0, 0.05) is 12.6 Å². The first-order valence-electron chi connectivity index (χ1n) is 6.79. The lowest BCUT2D eigenvalue weighted by molar-refractivity contribution is -0.140. The Labute approximate surface area is 123 Å². The summed E-state index contributed by atoms with van der Waals surface area (Å²) in [6, 6.07) is 5.60. The number of sulfonamides is 1. The molecule has 0 saturated heterocycles. The average molecular weight is 313 g/mol. The summed E-state index contributed by atoms with van der Waals surface area (Å²) in [4.78, 5) is 11.3. The third-order valence-corrected chi connectivity index (χ3v) is 5.40. The molecular formula is C14H19NO5S. The average Bonchev–Trinajstić information content (AvgIpc) is 3.20. The Balaban J connectivity index is 2.17. The van der Waals surface area contributed by atoms with Crippen LogP contribution in [-0.2, 0) is 20.2 Å². The third kappa shape index (κ3) is 3.25. The lowest BCUT2D eigenvalue weighted by Crippen LogP contribution is -2.33. The van der Waals surface area contributed by atoms with Crippen molar-refractivity contribution in [1.29, 1.82) is 0 Å². The molecule has 3 N–H and O–H groups in total. The number of nitrogens with one attached hydrogen (secondary N) is 1. The van der Waals surface area contributed by atoms with Gasteiger partial charge >= 0.3 is 5.97 Å². The van der Waals surface area contributed by atoms with Crippen molar-refractivity contribution in [3.05, 3.63) is 29.8 Å². The highest BCUT2D eigenvalue weighted by Crippen LogP contribution is 2.48. The molecule has 1 fully saturated rings. The molecule has 0 spiro atoms. The standard InChI is InChI=1S/C14H19NO5S/c1-10(6-9-16)15-21(19,20)12-4-2-11(3-5-12)14(7-8-14)13(17)18/h2-5,10,15-16H,6-9H2,1H3,(H,17,18). The smallest absolute Gasteiger partial charge is 0.314 e. The van der Waals surface area contributed by atoms with E-state index in [1.54, 1.807) is 19.1 Å². The minimum absolute atomic E-state index is 0.0935. The van der Waals surface area contributed by atoms with Gasteiger partial charge in [-0.1, -0.05) is 12.1 Å². The zero-order valence-corrected chi connectivity index (χ0v) is 12.6. The molecule has 1 unspecified atom stereocenters. The predicted molar refractivity (Wildman–Crippen MR) is 76.5 cm³/mol. The molecule has 0 heterocycles. The molecule has 0 radical (unpaired) electrons. The number of aliphatic hydroxyl groups is 1. The molecular weight excluding hydrogens is 294 g/mol. The molecule has 1 atom stereocenters. The Kier molecular flexibility index (Phi) is 4.36. The van der Waals surface area contributed by atoms with Crippen molar-refractivity contribution in [3.8, 4) is 0 Å². The maximum atomic E-state index is 12.1. The van der Waals surface area contributed by atoms with Crippen molar-refractivity contribution in [2.75, 3.05) is 6.61 Å². The maximum Gasteiger partial charge on any atom is 0.314 e. The normalized spacial score (nSPS) is 18.2. The van der Waals surface area contributed by atoms with Gasteiger partial charge in [-0.3, -0.25) is 4.79 Å². The SMILES string of the molecule is CC(CCO)NS(=O)(=O)c1ccc(C2(C(=O)O)CC2)cc1. The molecule has 1 saturated carbocycles. The van der Waals surface area contributed by atoms with Crippen LogP contribution in [0.2, 0.25) is 0 Å². The van der Waals surface area contributed by atoms with E-state index in [1.807, 2.05) is 0 Å². The Morgan fingerprint density at radius 3 is 2.33 bits per heavy atom. The second-order valence-electron chi connectivity index (χ2n) is 5.45. The zero-order valence-electron chi connectivity index (χ0n) is 11.7. The summed E-state index contributed by atoms with van der Waals surface area (Å²) in [6.07, 6.45) is 1.50. The van der Waals surface area contributed by atoms with Crippen molar-refractivity contribution >= 4 is 16.0 Å². The van der Waals surface area contributed by atoms with Gasteiger partial charge in [0.2, 0.25) is 10.0 Å². The quantitative estimate of drug-likeness (QED) is 0.692. The number of hydrogen-bond acceptors (Lipinski definition) is 4. The number of benzene rings is 1. The van der Waals surface area contributed by atoms with Crippen LogP contribution >= 0.6 is 0 Å². The molecule has 7 heteroatoms. The van der Waals surface area contributed by atoms with Crippen molar-refractivity contribution < 1.29 is 23.4 Å². The van der Waals surface area contributed by atoms with Crippen molar-refractivity contribution in [2.24, 2.45) is 0 Å².